The van der Waals surface area contributed by atoms with Crippen LogP contribution >= 0.6 is 0 Å². The Bertz CT molecular complexity index is 1550. The Hall–Kier alpha value is -5.22. The van der Waals surface area contributed by atoms with E-state index in [1.807, 2.05) is 84.9 Å². The van der Waals surface area contributed by atoms with E-state index in [0.29, 0.717) is 35.6 Å². The van der Waals surface area contributed by atoms with Crippen molar-refractivity contribution < 1.29 is 9.59 Å². The highest BCUT2D eigenvalue weighted by atomic mass is 16.2. The largest absolute Gasteiger partial charge is 0.303 e. The van der Waals surface area contributed by atoms with Gasteiger partial charge in [-0.3, -0.25) is 9.59 Å². The van der Waals surface area contributed by atoms with Crippen LogP contribution in [0.1, 0.15) is 11.1 Å². The highest BCUT2D eigenvalue weighted by Crippen LogP contribution is 2.46. The number of nitrogens with zero attached hydrogens (tertiary/aromatic N) is 2. The molecule has 0 atom stereocenters. The monoisotopic (exact) mass is 520 g/mol. The zero-order valence-corrected chi connectivity index (χ0v) is 22.1. The molecule has 0 N–H and O–H groups in total. The fourth-order valence-electron chi connectivity index (χ4n) is 5.51. The van der Waals surface area contributed by atoms with Crippen LogP contribution in [0.25, 0.3) is 33.6 Å². The molecule has 0 saturated heterocycles. The first-order valence-electron chi connectivity index (χ1n) is 13.3. The van der Waals surface area contributed by atoms with Crippen molar-refractivity contribution in [3.8, 4) is 22.3 Å². The van der Waals surface area contributed by atoms with Gasteiger partial charge in [-0.25, -0.2) is 0 Å². The number of hydrogen-bond acceptors (Lipinski definition) is 2. The van der Waals surface area contributed by atoms with Crippen molar-refractivity contribution in [3.63, 3.8) is 0 Å². The van der Waals surface area contributed by atoms with Gasteiger partial charge in [0.25, 0.3) is 11.8 Å². The summed E-state index contributed by atoms with van der Waals surface area (Å²) in [6.07, 6.45) is 3.39. The van der Waals surface area contributed by atoms with E-state index in [-0.39, 0.29) is 11.8 Å². The predicted octanol–water partition coefficient (Wildman–Crippen LogP) is 7.20. The third kappa shape index (κ3) is 4.20. The van der Waals surface area contributed by atoms with Gasteiger partial charge in [-0.05, 0) is 33.4 Å². The Balaban J connectivity index is 1.49. The molecule has 0 spiro atoms. The lowest BCUT2D eigenvalue weighted by molar-refractivity contribution is -0.123. The summed E-state index contributed by atoms with van der Waals surface area (Å²) in [5, 5.41) is 0. The van der Waals surface area contributed by atoms with Gasteiger partial charge in [0.15, 0.2) is 0 Å². The molecule has 0 bridgehead atoms. The molecule has 2 amide bonds. The van der Waals surface area contributed by atoms with Crippen LogP contribution in [0, 0.1) is 0 Å². The Morgan fingerprint density at radius 2 is 0.750 bits per heavy atom. The fourth-order valence-corrected chi connectivity index (χ4v) is 5.51. The molecule has 0 fully saturated rings. The maximum Gasteiger partial charge on any atom is 0.261 e. The molecule has 2 heterocycles. The Kier molecular flexibility index (Phi) is 6.59. The molecule has 0 radical (unpaired) electrons. The van der Waals surface area contributed by atoms with Crippen molar-refractivity contribution >= 4 is 23.2 Å². The number of amides is 2. The van der Waals surface area contributed by atoms with Crippen molar-refractivity contribution in [1.29, 1.82) is 0 Å². The lowest BCUT2D eigenvalue weighted by atomic mass is 9.98. The van der Waals surface area contributed by atoms with Crippen LogP contribution in [-0.4, -0.2) is 34.7 Å². The summed E-state index contributed by atoms with van der Waals surface area (Å²) in [4.78, 5) is 31.3. The molecule has 6 rings (SSSR count). The van der Waals surface area contributed by atoms with Crippen molar-refractivity contribution in [1.82, 2.24) is 9.80 Å². The Morgan fingerprint density at radius 1 is 0.450 bits per heavy atom. The molecular weight excluding hydrogens is 492 g/mol. The zero-order chi connectivity index (χ0) is 27.6. The van der Waals surface area contributed by atoms with Crippen LogP contribution in [0.15, 0.2) is 146 Å². The van der Waals surface area contributed by atoms with Crippen molar-refractivity contribution in [2.45, 2.75) is 0 Å². The quantitative estimate of drug-likeness (QED) is 0.231. The van der Waals surface area contributed by atoms with E-state index in [1.165, 1.54) is 0 Å². The van der Waals surface area contributed by atoms with Gasteiger partial charge >= 0.3 is 0 Å². The first kappa shape index (κ1) is 25.1. The average molecular weight is 521 g/mol. The summed E-state index contributed by atoms with van der Waals surface area (Å²) in [7, 11) is 0. The summed E-state index contributed by atoms with van der Waals surface area (Å²) < 4.78 is 0. The Morgan fingerprint density at radius 3 is 1.07 bits per heavy atom. The smallest absolute Gasteiger partial charge is 0.261 e. The van der Waals surface area contributed by atoms with Crippen LogP contribution < -0.4 is 0 Å². The molecule has 40 heavy (non-hydrogen) atoms. The summed E-state index contributed by atoms with van der Waals surface area (Å²) >= 11 is 0. The van der Waals surface area contributed by atoms with Gasteiger partial charge < -0.3 is 9.80 Å². The van der Waals surface area contributed by atoms with Crippen molar-refractivity contribution in [3.05, 3.63) is 157 Å². The minimum absolute atomic E-state index is 0.195. The van der Waals surface area contributed by atoms with Gasteiger partial charge in [-0.1, -0.05) is 121 Å². The van der Waals surface area contributed by atoms with Crippen LogP contribution in [0.3, 0.4) is 0 Å². The number of carbonyl (C=O) groups is 2. The van der Waals surface area contributed by atoms with Crippen LogP contribution in [0.4, 0.5) is 0 Å². The van der Waals surface area contributed by atoms with E-state index >= 15 is 0 Å². The molecule has 0 aromatic heterocycles. The van der Waals surface area contributed by atoms with Gasteiger partial charge in [0.2, 0.25) is 0 Å². The normalized spacial score (nSPS) is 14.7. The summed E-state index contributed by atoms with van der Waals surface area (Å²) in [6, 6.07) is 36.3. The number of benzene rings is 4. The average Bonchev–Trinajstić information content (AvgIpc) is 3.45. The molecule has 0 aliphatic carbocycles. The van der Waals surface area contributed by atoms with Gasteiger partial charge in [-0.2, -0.15) is 0 Å². The number of fused-ring (bicyclic) bond motifs is 1. The SMILES string of the molecule is C=CCN1C(=O)C2=C(c3ccc(-c4ccccc4)cc3)N(CC=C)C(=O)C2=C1c1ccc(-c2ccccc2)cc1. The Labute approximate surface area is 234 Å². The van der Waals surface area contributed by atoms with E-state index < -0.39 is 0 Å². The minimum Gasteiger partial charge on any atom is -0.303 e. The second-order valence-electron chi connectivity index (χ2n) is 9.74. The third-order valence-electron chi connectivity index (χ3n) is 7.34. The highest BCUT2D eigenvalue weighted by Gasteiger charge is 2.48. The van der Waals surface area contributed by atoms with E-state index in [0.717, 1.165) is 33.4 Å². The van der Waals surface area contributed by atoms with Crippen LogP contribution in [0.5, 0.6) is 0 Å². The molecule has 4 nitrogen and oxygen atoms in total. The summed E-state index contributed by atoms with van der Waals surface area (Å²) in [5.41, 5.74) is 8.07. The molecular formula is C36H28N2O2. The van der Waals surface area contributed by atoms with Crippen LogP contribution in [-0.2, 0) is 9.59 Å². The van der Waals surface area contributed by atoms with E-state index in [4.69, 9.17) is 0 Å². The number of carbonyl (C=O) groups excluding carboxylic acids is 2. The predicted molar refractivity (Wildman–Crippen MR) is 161 cm³/mol. The van der Waals surface area contributed by atoms with Crippen LogP contribution in [0.2, 0.25) is 0 Å². The summed E-state index contributed by atoms with van der Waals surface area (Å²) in [5.74, 6) is -0.391. The summed E-state index contributed by atoms with van der Waals surface area (Å²) in [6.45, 7) is 8.35. The first-order valence-corrected chi connectivity index (χ1v) is 13.3. The molecule has 4 heteroatoms. The molecule has 194 valence electrons. The topological polar surface area (TPSA) is 40.6 Å². The molecule has 0 unspecified atom stereocenters. The molecule has 4 aromatic carbocycles. The van der Waals surface area contributed by atoms with Crippen molar-refractivity contribution in [2.75, 3.05) is 13.1 Å². The zero-order valence-electron chi connectivity index (χ0n) is 22.1. The molecule has 0 saturated carbocycles. The van der Waals surface area contributed by atoms with Gasteiger partial charge in [-0.15, -0.1) is 13.2 Å². The van der Waals surface area contributed by atoms with Crippen molar-refractivity contribution in [2.24, 2.45) is 0 Å². The molecule has 2 aliphatic heterocycles. The maximum absolute atomic E-state index is 14.0. The van der Waals surface area contributed by atoms with E-state index in [2.05, 4.69) is 37.4 Å². The minimum atomic E-state index is -0.195. The number of rotatable bonds is 8. The molecule has 4 aromatic rings. The van der Waals surface area contributed by atoms with Gasteiger partial charge in [0.1, 0.15) is 0 Å². The fraction of sp³-hybridized carbons (Fsp3) is 0.0556. The third-order valence-corrected chi connectivity index (χ3v) is 7.34. The van der Waals surface area contributed by atoms with Gasteiger partial charge in [0, 0.05) is 13.1 Å². The standard InChI is InChI=1S/C36H28N2O2/c1-3-23-37-33(29-19-15-27(16-20-29)25-11-7-5-8-12-25)31-32(35(37)39)34(38(24-4-2)36(31)40)30-21-17-28(18-22-30)26-13-9-6-10-14-26/h3-22H,1-2,23-24H2. The first-order chi connectivity index (χ1) is 19.6. The maximum atomic E-state index is 14.0. The lowest BCUT2D eigenvalue weighted by Crippen LogP contribution is -2.30. The highest BCUT2D eigenvalue weighted by molar-refractivity contribution is 6.30. The molecule has 2 aliphatic rings. The number of hydrogen-bond donors (Lipinski definition) is 0. The second-order valence-corrected chi connectivity index (χ2v) is 9.74. The second kappa shape index (κ2) is 10.5. The van der Waals surface area contributed by atoms with E-state index in [9.17, 15) is 9.59 Å². The van der Waals surface area contributed by atoms with E-state index in [1.54, 1.807) is 22.0 Å². The van der Waals surface area contributed by atoms with Gasteiger partial charge in [0.05, 0.1) is 22.5 Å². The lowest BCUT2D eigenvalue weighted by Gasteiger charge is -2.24.